The molecule has 0 aromatic heterocycles. The molecule has 2 aromatic carbocycles. The molecular formula is C24H28N2O3. The summed E-state index contributed by atoms with van der Waals surface area (Å²) in [6.45, 7) is 9.68. The largest absolute Gasteiger partial charge is 0.503 e. The van der Waals surface area contributed by atoms with E-state index in [-0.39, 0.29) is 17.8 Å². The van der Waals surface area contributed by atoms with Crippen molar-refractivity contribution in [2.24, 2.45) is 0 Å². The molecule has 1 atom stereocenters. The van der Waals surface area contributed by atoms with Crippen molar-refractivity contribution in [3.63, 3.8) is 0 Å². The number of aryl methyl sites for hydroxylation is 1. The van der Waals surface area contributed by atoms with Gasteiger partial charge in [-0.2, -0.15) is 0 Å². The van der Waals surface area contributed by atoms with Crippen molar-refractivity contribution >= 4 is 23.1 Å². The first-order chi connectivity index (χ1) is 13.9. The molecule has 1 unspecified atom stereocenters. The summed E-state index contributed by atoms with van der Waals surface area (Å²) in [7, 11) is 0. The number of hydrogen-bond acceptors (Lipinski definition) is 4. The predicted molar refractivity (Wildman–Crippen MR) is 116 cm³/mol. The first kappa shape index (κ1) is 20.6. The summed E-state index contributed by atoms with van der Waals surface area (Å²) in [5, 5.41) is 10.6. The number of rotatable bonds is 7. The van der Waals surface area contributed by atoms with Crippen LogP contribution in [0, 0.1) is 6.92 Å². The van der Waals surface area contributed by atoms with E-state index >= 15 is 0 Å². The van der Waals surface area contributed by atoms with Crippen LogP contribution in [0.3, 0.4) is 0 Å². The van der Waals surface area contributed by atoms with Crippen LogP contribution in [0.5, 0.6) is 0 Å². The number of carbonyl (C=O) groups excluding carboxylic acids is 2. The van der Waals surface area contributed by atoms with Crippen LogP contribution in [0.1, 0.15) is 44.4 Å². The minimum atomic E-state index is -0.630. The maximum Gasteiger partial charge on any atom is 0.294 e. The monoisotopic (exact) mass is 392 g/mol. The molecule has 5 nitrogen and oxygen atoms in total. The van der Waals surface area contributed by atoms with Crippen LogP contribution in [-0.4, -0.2) is 29.9 Å². The lowest BCUT2D eigenvalue weighted by Crippen LogP contribution is -2.31. The fraction of sp³-hybridized carbons (Fsp3) is 0.333. The highest BCUT2D eigenvalue weighted by Gasteiger charge is 2.43. The highest BCUT2D eigenvalue weighted by Crippen LogP contribution is 2.41. The average Bonchev–Trinajstić information content (AvgIpc) is 3.00. The highest BCUT2D eigenvalue weighted by molar-refractivity contribution is 6.16. The van der Waals surface area contributed by atoms with Gasteiger partial charge < -0.3 is 10.0 Å². The second kappa shape index (κ2) is 8.52. The fourth-order valence-corrected chi connectivity index (χ4v) is 3.92. The number of anilines is 2. The van der Waals surface area contributed by atoms with Crippen LogP contribution < -0.4 is 9.80 Å². The molecule has 0 fully saturated rings. The Hall–Kier alpha value is -3.08. The molecule has 152 valence electrons. The van der Waals surface area contributed by atoms with Gasteiger partial charge in [0.15, 0.2) is 11.5 Å². The van der Waals surface area contributed by atoms with E-state index < -0.39 is 17.7 Å². The van der Waals surface area contributed by atoms with Gasteiger partial charge in [-0.3, -0.25) is 14.5 Å². The van der Waals surface area contributed by atoms with E-state index in [2.05, 4.69) is 18.7 Å². The molecule has 0 saturated carbocycles. The summed E-state index contributed by atoms with van der Waals surface area (Å²) in [4.78, 5) is 29.4. The van der Waals surface area contributed by atoms with Crippen LogP contribution in [-0.2, 0) is 9.59 Å². The molecule has 1 heterocycles. The molecule has 1 aliphatic heterocycles. The van der Waals surface area contributed by atoms with Crippen LogP contribution in [0.15, 0.2) is 59.9 Å². The third kappa shape index (κ3) is 3.77. The van der Waals surface area contributed by atoms with Crippen LogP contribution in [0.25, 0.3) is 0 Å². The van der Waals surface area contributed by atoms with Crippen LogP contribution in [0.4, 0.5) is 11.4 Å². The van der Waals surface area contributed by atoms with E-state index in [0.29, 0.717) is 5.69 Å². The summed E-state index contributed by atoms with van der Waals surface area (Å²) >= 11 is 0. The van der Waals surface area contributed by atoms with Gasteiger partial charge in [0.05, 0.1) is 11.6 Å². The second-order valence-electron chi connectivity index (χ2n) is 7.22. The normalized spacial score (nSPS) is 16.5. The Morgan fingerprint density at radius 2 is 1.72 bits per heavy atom. The fourth-order valence-electron chi connectivity index (χ4n) is 3.92. The van der Waals surface area contributed by atoms with Gasteiger partial charge >= 0.3 is 0 Å². The Balaban J connectivity index is 2.09. The number of benzene rings is 2. The molecule has 1 amide bonds. The second-order valence-corrected chi connectivity index (χ2v) is 7.22. The topological polar surface area (TPSA) is 60.9 Å². The van der Waals surface area contributed by atoms with Gasteiger partial charge in [0, 0.05) is 30.9 Å². The smallest absolute Gasteiger partial charge is 0.294 e. The lowest BCUT2D eigenvalue weighted by Gasteiger charge is -2.28. The number of carbonyl (C=O) groups is 2. The van der Waals surface area contributed by atoms with Gasteiger partial charge in [0.1, 0.15) is 0 Å². The number of ketones is 1. The zero-order valence-corrected chi connectivity index (χ0v) is 17.5. The number of aliphatic hydroxyl groups is 1. The quantitative estimate of drug-likeness (QED) is 0.741. The molecule has 0 radical (unpaired) electrons. The van der Waals surface area contributed by atoms with Gasteiger partial charge in [-0.1, -0.05) is 36.8 Å². The first-order valence-electron chi connectivity index (χ1n) is 10.1. The Bertz CT molecular complexity index is 943. The minimum absolute atomic E-state index is 0.177. The van der Waals surface area contributed by atoms with E-state index in [1.165, 1.54) is 4.90 Å². The van der Waals surface area contributed by atoms with Crippen molar-refractivity contribution in [1.29, 1.82) is 0 Å². The lowest BCUT2D eigenvalue weighted by atomic mass is 9.94. The summed E-state index contributed by atoms with van der Waals surface area (Å²) in [5.41, 5.74) is 3.74. The zero-order valence-electron chi connectivity index (χ0n) is 17.5. The van der Waals surface area contributed by atoms with Gasteiger partial charge in [0.2, 0.25) is 0 Å². The van der Waals surface area contributed by atoms with E-state index in [4.69, 9.17) is 0 Å². The molecule has 0 aliphatic carbocycles. The summed E-state index contributed by atoms with van der Waals surface area (Å²) in [5.74, 6) is -1.20. The average molecular weight is 392 g/mol. The predicted octanol–water partition coefficient (Wildman–Crippen LogP) is 4.72. The highest BCUT2D eigenvalue weighted by atomic mass is 16.3. The van der Waals surface area contributed by atoms with Crippen molar-refractivity contribution in [2.75, 3.05) is 22.9 Å². The number of nitrogens with zero attached hydrogens (tertiary/aromatic N) is 2. The third-order valence-corrected chi connectivity index (χ3v) is 5.44. The van der Waals surface area contributed by atoms with Crippen molar-refractivity contribution in [2.45, 2.75) is 40.2 Å². The Labute approximate surface area is 172 Å². The summed E-state index contributed by atoms with van der Waals surface area (Å²) in [6.07, 6.45) is 0.226. The number of aliphatic hydroxyl groups excluding tert-OH is 1. The van der Waals surface area contributed by atoms with E-state index in [1.807, 2.05) is 55.5 Å². The number of amides is 1. The zero-order chi connectivity index (χ0) is 21.1. The Morgan fingerprint density at radius 3 is 2.28 bits per heavy atom. The van der Waals surface area contributed by atoms with Crippen molar-refractivity contribution in [3.8, 4) is 0 Å². The molecule has 3 rings (SSSR count). The third-order valence-electron chi connectivity index (χ3n) is 5.44. The molecule has 2 aromatic rings. The van der Waals surface area contributed by atoms with Crippen molar-refractivity contribution in [3.05, 3.63) is 71.0 Å². The molecular weight excluding hydrogens is 364 g/mol. The van der Waals surface area contributed by atoms with Crippen LogP contribution >= 0.6 is 0 Å². The molecule has 1 N–H and O–H groups in total. The molecule has 0 spiro atoms. The summed E-state index contributed by atoms with van der Waals surface area (Å²) < 4.78 is 0. The number of Topliss-reactive ketones (excluding diaryl/α,β-unsaturated/α-hetero) is 1. The first-order valence-corrected chi connectivity index (χ1v) is 10.1. The molecule has 5 heteroatoms. The number of hydrogen-bond donors (Lipinski definition) is 1. The lowest BCUT2D eigenvalue weighted by molar-refractivity contribution is -0.118. The summed E-state index contributed by atoms with van der Waals surface area (Å²) in [6, 6.07) is 14.8. The van der Waals surface area contributed by atoms with E-state index in [0.717, 1.165) is 29.9 Å². The van der Waals surface area contributed by atoms with Gasteiger partial charge in [-0.15, -0.1) is 0 Å². The molecule has 0 saturated heterocycles. The van der Waals surface area contributed by atoms with Crippen LogP contribution in [0.2, 0.25) is 0 Å². The Kier molecular flexibility index (Phi) is 6.06. The van der Waals surface area contributed by atoms with Gasteiger partial charge in [-0.05, 0) is 50.6 Å². The molecule has 1 aliphatic rings. The minimum Gasteiger partial charge on any atom is -0.503 e. The van der Waals surface area contributed by atoms with Gasteiger partial charge in [0.25, 0.3) is 5.91 Å². The van der Waals surface area contributed by atoms with E-state index in [9.17, 15) is 14.7 Å². The maximum absolute atomic E-state index is 13.0. The standard InChI is InChI=1S/C24H28N2O3/c1-5-20(27)21-22(17-10-8-9-16(4)15-17)26(24(29)23(21)28)19-13-11-18(12-14-19)25(6-2)7-3/h8-15,22,28H,5-7H2,1-4H3. The van der Waals surface area contributed by atoms with Crippen molar-refractivity contribution < 1.29 is 14.7 Å². The van der Waals surface area contributed by atoms with Gasteiger partial charge in [-0.25, -0.2) is 0 Å². The molecule has 0 bridgehead atoms. The molecule has 29 heavy (non-hydrogen) atoms. The SMILES string of the molecule is CCC(=O)C1=C(O)C(=O)N(c2ccc(N(CC)CC)cc2)C1c1cccc(C)c1. The van der Waals surface area contributed by atoms with Crippen molar-refractivity contribution in [1.82, 2.24) is 0 Å². The maximum atomic E-state index is 13.0. The Morgan fingerprint density at radius 1 is 1.07 bits per heavy atom. The van der Waals surface area contributed by atoms with E-state index in [1.54, 1.807) is 6.92 Å².